The molecule has 0 unspecified atom stereocenters. The third kappa shape index (κ3) is 3.29. The van der Waals surface area contributed by atoms with E-state index in [1.807, 2.05) is 0 Å². The Morgan fingerprint density at radius 3 is 2.79 bits per heavy atom. The standard InChI is InChI=1S/C17H13F2N3O2/c18-11-5-6-13(19)15(9-11)21-16(23)7-8-22-10-20-14-4-2-1-3-12(14)17(22)24/h1-6,9-10H,7-8H2,(H,21,23). The number of hydrogen-bond acceptors (Lipinski definition) is 3. The highest BCUT2D eigenvalue weighted by atomic mass is 19.1. The minimum Gasteiger partial charge on any atom is -0.323 e. The molecule has 0 saturated carbocycles. The minimum atomic E-state index is -0.728. The maximum absolute atomic E-state index is 13.5. The zero-order valence-corrected chi connectivity index (χ0v) is 12.5. The molecule has 2 aromatic carbocycles. The summed E-state index contributed by atoms with van der Waals surface area (Å²) in [5, 5.41) is 2.74. The molecule has 1 N–H and O–H groups in total. The van der Waals surface area contributed by atoms with Gasteiger partial charge in [-0.3, -0.25) is 14.2 Å². The fourth-order valence-electron chi connectivity index (χ4n) is 2.29. The quantitative estimate of drug-likeness (QED) is 0.800. The largest absolute Gasteiger partial charge is 0.323 e. The number of nitrogens with zero attached hydrogens (tertiary/aromatic N) is 2. The summed E-state index contributed by atoms with van der Waals surface area (Å²) in [4.78, 5) is 28.3. The molecular weight excluding hydrogens is 316 g/mol. The second kappa shape index (κ2) is 6.57. The average molecular weight is 329 g/mol. The van der Waals surface area contributed by atoms with Crippen molar-refractivity contribution in [3.8, 4) is 0 Å². The summed E-state index contributed by atoms with van der Waals surface area (Å²) in [6.45, 7) is 0.0828. The van der Waals surface area contributed by atoms with Crippen molar-refractivity contribution in [2.24, 2.45) is 0 Å². The number of benzene rings is 2. The fourth-order valence-corrected chi connectivity index (χ4v) is 2.29. The SMILES string of the molecule is O=C(CCn1cnc2ccccc2c1=O)Nc1cc(F)ccc1F. The fraction of sp³-hybridized carbons (Fsp3) is 0.118. The van der Waals surface area contributed by atoms with Gasteiger partial charge in [0.05, 0.1) is 22.9 Å². The molecule has 0 bridgehead atoms. The van der Waals surface area contributed by atoms with Crippen molar-refractivity contribution in [1.82, 2.24) is 9.55 Å². The van der Waals surface area contributed by atoms with Crippen molar-refractivity contribution < 1.29 is 13.6 Å². The zero-order valence-electron chi connectivity index (χ0n) is 12.5. The van der Waals surface area contributed by atoms with E-state index in [9.17, 15) is 18.4 Å². The Morgan fingerprint density at radius 2 is 1.96 bits per heavy atom. The van der Waals surface area contributed by atoms with Gasteiger partial charge in [0.25, 0.3) is 5.56 Å². The molecule has 1 aromatic heterocycles. The Bertz CT molecular complexity index is 969. The highest BCUT2D eigenvalue weighted by Gasteiger charge is 2.10. The second-order valence-electron chi connectivity index (χ2n) is 5.18. The number of amides is 1. The van der Waals surface area contributed by atoms with Crippen LogP contribution in [-0.4, -0.2) is 15.5 Å². The monoisotopic (exact) mass is 329 g/mol. The molecule has 0 aliphatic heterocycles. The van der Waals surface area contributed by atoms with Crippen LogP contribution in [-0.2, 0) is 11.3 Å². The van der Waals surface area contributed by atoms with Crippen molar-refractivity contribution >= 4 is 22.5 Å². The first-order valence-corrected chi connectivity index (χ1v) is 7.23. The smallest absolute Gasteiger partial charge is 0.261 e. The van der Waals surface area contributed by atoms with Gasteiger partial charge in [-0.2, -0.15) is 0 Å². The van der Waals surface area contributed by atoms with E-state index in [-0.39, 0.29) is 24.2 Å². The summed E-state index contributed by atoms with van der Waals surface area (Å²) in [5.74, 6) is -1.91. The molecule has 3 aromatic rings. The molecule has 0 spiro atoms. The Hall–Kier alpha value is -3.09. The number of aryl methyl sites for hydroxylation is 1. The van der Waals surface area contributed by atoms with Crippen LogP contribution in [0.25, 0.3) is 10.9 Å². The highest BCUT2D eigenvalue weighted by Crippen LogP contribution is 2.15. The van der Waals surface area contributed by atoms with Crippen molar-refractivity contribution in [2.45, 2.75) is 13.0 Å². The summed E-state index contributed by atoms with van der Waals surface area (Å²) in [7, 11) is 0. The van der Waals surface area contributed by atoms with Gasteiger partial charge in [-0.15, -0.1) is 0 Å². The van der Waals surface area contributed by atoms with E-state index < -0.39 is 17.5 Å². The number of aromatic nitrogens is 2. The number of nitrogens with one attached hydrogen (secondary N) is 1. The van der Waals surface area contributed by atoms with Crippen molar-refractivity contribution in [2.75, 3.05) is 5.32 Å². The molecule has 0 atom stereocenters. The van der Waals surface area contributed by atoms with Crippen molar-refractivity contribution in [3.63, 3.8) is 0 Å². The lowest BCUT2D eigenvalue weighted by Gasteiger charge is -2.08. The van der Waals surface area contributed by atoms with E-state index in [1.165, 1.54) is 10.9 Å². The molecule has 0 radical (unpaired) electrons. The van der Waals surface area contributed by atoms with Gasteiger partial charge >= 0.3 is 0 Å². The van der Waals surface area contributed by atoms with Crippen LogP contribution in [0.3, 0.4) is 0 Å². The van der Waals surface area contributed by atoms with Gasteiger partial charge in [-0.25, -0.2) is 13.8 Å². The molecule has 0 saturated heterocycles. The number of carbonyl (C=O) groups is 1. The summed E-state index contributed by atoms with van der Waals surface area (Å²) in [6, 6.07) is 9.68. The van der Waals surface area contributed by atoms with Crippen LogP contribution in [0.1, 0.15) is 6.42 Å². The van der Waals surface area contributed by atoms with Gasteiger partial charge in [0, 0.05) is 19.0 Å². The molecule has 1 heterocycles. The number of para-hydroxylation sites is 1. The van der Waals surface area contributed by atoms with Crippen LogP contribution in [0.2, 0.25) is 0 Å². The lowest BCUT2D eigenvalue weighted by Crippen LogP contribution is -2.23. The lowest BCUT2D eigenvalue weighted by atomic mass is 10.2. The lowest BCUT2D eigenvalue weighted by molar-refractivity contribution is -0.116. The summed E-state index contributed by atoms with van der Waals surface area (Å²) >= 11 is 0. The molecule has 122 valence electrons. The van der Waals surface area contributed by atoms with Gasteiger partial charge in [-0.05, 0) is 24.3 Å². The van der Waals surface area contributed by atoms with Crippen LogP contribution < -0.4 is 10.9 Å². The van der Waals surface area contributed by atoms with E-state index >= 15 is 0 Å². The van der Waals surface area contributed by atoms with Gasteiger partial charge < -0.3 is 5.32 Å². The summed E-state index contributed by atoms with van der Waals surface area (Å²) in [5.41, 5.74) is 0.0827. The predicted molar refractivity (Wildman–Crippen MR) is 85.6 cm³/mol. The molecule has 0 aliphatic carbocycles. The van der Waals surface area contributed by atoms with E-state index in [1.54, 1.807) is 24.3 Å². The van der Waals surface area contributed by atoms with Gasteiger partial charge in [0.2, 0.25) is 5.91 Å². The Balaban J connectivity index is 1.71. The first-order valence-electron chi connectivity index (χ1n) is 7.23. The predicted octanol–water partition coefficient (Wildman–Crippen LogP) is 2.70. The average Bonchev–Trinajstić information content (AvgIpc) is 2.58. The number of rotatable bonds is 4. The van der Waals surface area contributed by atoms with Crippen LogP contribution in [0.15, 0.2) is 53.6 Å². The molecule has 3 rings (SSSR count). The van der Waals surface area contributed by atoms with Crippen molar-refractivity contribution in [3.05, 3.63) is 70.8 Å². The van der Waals surface area contributed by atoms with Gasteiger partial charge in [0.1, 0.15) is 11.6 Å². The van der Waals surface area contributed by atoms with Crippen molar-refractivity contribution in [1.29, 1.82) is 0 Å². The molecule has 0 aliphatic rings. The van der Waals surface area contributed by atoms with E-state index in [2.05, 4.69) is 10.3 Å². The number of anilines is 1. The van der Waals surface area contributed by atoms with Crippen LogP contribution in [0.4, 0.5) is 14.5 Å². The normalized spacial score (nSPS) is 10.8. The first-order chi connectivity index (χ1) is 11.5. The Morgan fingerprint density at radius 1 is 1.17 bits per heavy atom. The number of carbonyl (C=O) groups excluding carboxylic acids is 1. The number of hydrogen-bond donors (Lipinski definition) is 1. The maximum Gasteiger partial charge on any atom is 0.261 e. The molecule has 5 nitrogen and oxygen atoms in total. The first kappa shape index (κ1) is 15.8. The van der Waals surface area contributed by atoms with Gasteiger partial charge in [0.15, 0.2) is 0 Å². The maximum atomic E-state index is 13.5. The Labute approximate surface area is 135 Å². The van der Waals surface area contributed by atoms with E-state index in [0.717, 1.165) is 18.2 Å². The summed E-state index contributed by atoms with van der Waals surface area (Å²) < 4.78 is 27.9. The minimum absolute atomic E-state index is 0.0735. The third-order valence-electron chi connectivity index (χ3n) is 3.51. The molecule has 1 amide bonds. The van der Waals surface area contributed by atoms with E-state index in [0.29, 0.717) is 10.9 Å². The molecular formula is C17H13F2N3O2. The molecule has 24 heavy (non-hydrogen) atoms. The zero-order chi connectivity index (χ0) is 17.1. The number of fused-ring (bicyclic) bond motifs is 1. The van der Waals surface area contributed by atoms with Crippen LogP contribution in [0.5, 0.6) is 0 Å². The Kier molecular flexibility index (Phi) is 4.33. The molecule has 7 heteroatoms. The van der Waals surface area contributed by atoms with Crippen LogP contribution in [0, 0.1) is 11.6 Å². The molecule has 0 fully saturated rings. The third-order valence-corrected chi connectivity index (χ3v) is 3.51. The van der Waals surface area contributed by atoms with Crippen LogP contribution >= 0.6 is 0 Å². The second-order valence-corrected chi connectivity index (χ2v) is 5.18. The highest BCUT2D eigenvalue weighted by molar-refractivity contribution is 5.90. The number of halogens is 2. The van der Waals surface area contributed by atoms with Gasteiger partial charge in [-0.1, -0.05) is 12.1 Å². The summed E-state index contributed by atoms with van der Waals surface area (Å²) in [6.07, 6.45) is 1.29. The van der Waals surface area contributed by atoms with E-state index in [4.69, 9.17) is 0 Å². The topological polar surface area (TPSA) is 64.0 Å².